The van der Waals surface area contributed by atoms with E-state index in [4.69, 9.17) is 0 Å². The van der Waals surface area contributed by atoms with Gasteiger partial charge in [0.25, 0.3) is 11.8 Å². The summed E-state index contributed by atoms with van der Waals surface area (Å²) < 4.78 is 0. The molecule has 33 heavy (non-hydrogen) atoms. The van der Waals surface area contributed by atoms with Crippen LogP contribution in [0, 0.1) is 0 Å². The first-order valence-corrected chi connectivity index (χ1v) is 12.2. The normalized spacial score (nSPS) is 21.3. The average Bonchev–Trinajstić information content (AvgIpc) is 3.16. The molecule has 3 aliphatic rings. The van der Waals surface area contributed by atoms with Crippen molar-refractivity contribution in [2.75, 3.05) is 11.4 Å². The van der Waals surface area contributed by atoms with Gasteiger partial charge in [0, 0.05) is 18.2 Å². The molecule has 2 aliphatic heterocycles. The molecule has 5 rings (SSSR count). The van der Waals surface area contributed by atoms with Gasteiger partial charge in [-0.2, -0.15) is 0 Å². The molecule has 2 aromatic carbocycles. The highest BCUT2D eigenvalue weighted by Gasteiger charge is 2.41. The molecule has 1 saturated heterocycles. The number of hydrogen-bond acceptors (Lipinski definition) is 3. The molecule has 1 saturated carbocycles. The number of anilines is 1. The minimum Gasteiger partial charge on any atom is -0.349 e. The number of rotatable bonds is 4. The molecule has 1 atom stereocenters. The summed E-state index contributed by atoms with van der Waals surface area (Å²) in [6, 6.07) is 14.7. The Bertz CT molecular complexity index is 1060. The number of benzene rings is 2. The van der Waals surface area contributed by atoms with E-state index in [-0.39, 0.29) is 23.8 Å². The highest BCUT2D eigenvalue weighted by molar-refractivity contribution is 6.11. The van der Waals surface area contributed by atoms with Gasteiger partial charge in [-0.15, -0.1) is 0 Å². The molecule has 0 unspecified atom stereocenters. The molecule has 2 aromatic rings. The fourth-order valence-electron chi connectivity index (χ4n) is 5.46. The van der Waals surface area contributed by atoms with E-state index in [0.29, 0.717) is 36.3 Å². The highest BCUT2D eigenvalue weighted by atomic mass is 16.2. The SMILES string of the molecule is O=C(NC1CCCCCC1)c1cccc(CN2C(=O)[C@H]3CCCN3C(=O)c3ccccc32)c1. The molecule has 6 nitrogen and oxygen atoms in total. The fourth-order valence-corrected chi connectivity index (χ4v) is 5.46. The standard InChI is InChI=1S/C27H31N3O3/c31-25(28-21-11-3-1-2-4-12-21)20-10-7-9-19(17-20)18-30-23-14-6-5-13-22(23)26(32)29-16-8-15-24(29)27(30)33/h5-7,9-10,13-14,17,21,24H,1-4,8,11-12,15-16,18H2,(H,28,31)/t24-/m1/s1. The third-order valence-corrected chi connectivity index (χ3v) is 7.21. The van der Waals surface area contributed by atoms with Crippen LogP contribution in [0.25, 0.3) is 0 Å². The second-order valence-electron chi connectivity index (χ2n) is 9.46. The van der Waals surface area contributed by atoms with Gasteiger partial charge in [-0.25, -0.2) is 0 Å². The summed E-state index contributed by atoms with van der Waals surface area (Å²) >= 11 is 0. The van der Waals surface area contributed by atoms with Gasteiger partial charge >= 0.3 is 0 Å². The Kier molecular flexibility index (Phi) is 6.16. The Hall–Kier alpha value is -3.15. The van der Waals surface area contributed by atoms with E-state index in [1.807, 2.05) is 42.5 Å². The van der Waals surface area contributed by atoms with E-state index >= 15 is 0 Å². The molecule has 0 bridgehead atoms. The van der Waals surface area contributed by atoms with Gasteiger partial charge in [-0.3, -0.25) is 14.4 Å². The molecule has 1 aliphatic carbocycles. The van der Waals surface area contributed by atoms with Crippen molar-refractivity contribution in [2.24, 2.45) is 0 Å². The monoisotopic (exact) mass is 445 g/mol. The molecule has 6 heteroatoms. The van der Waals surface area contributed by atoms with Crippen LogP contribution in [0.5, 0.6) is 0 Å². The lowest BCUT2D eigenvalue weighted by Gasteiger charge is -2.26. The zero-order valence-electron chi connectivity index (χ0n) is 19.0. The van der Waals surface area contributed by atoms with Gasteiger partial charge in [-0.1, -0.05) is 49.9 Å². The summed E-state index contributed by atoms with van der Waals surface area (Å²) in [5.41, 5.74) is 2.71. The molecule has 0 spiro atoms. The molecule has 0 radical (unpaired) electrons. The van der Waals surface area contributed by atoms with Crippen molar-refractivity contribution >= 4 is 23.4 Å². The van der Waals surface area contributed by atoms with Crippen molar-refractivity contribution in [3.05, 3.63) is 65.2 Å². The number of nitrogens with zero attached hydrogens (tertiary/aromatic N) is 2. The summed E-state index contributed by atoms with van der Waals surface area (Å²) in [6.45, 7) is 0.951. The van der Waals surface area contributed by atoms with Gasteiger partial charge in [-0.05, 0) is 55.5 Å². The van der Waals surface area contributed by atoms with Crippen LogP contribution in [0.15, 0.2) is 48.5 Å². The molecule has 2 heterocycles. The van der Waals surface area contributed by atoms with Crippen LogP contribution in [0.2, 0.25) is 0 Å². The van der Waals surface area contributed by atoms with E-state index in [1.54, 1.807) is 15.9 Å². The number of hydrogen-bond donors (Lipinski definition) is 1. The third kappa shape index (κ3) is 4.39. The summed E-state index contributed by atoms with van der Waals surface area (Å²) in [5, 5.41) is 3.21. The maximum absolute atomic E-state index is 13.5. The first-order chi connectivity index (χ1) is 16.1. The van der Waals surface area contributed by atoms with E-state index in [0.717, 1.165) is 24.8 Å². The zero-order chi connectivity index (χ0) is 22.8. The Labute approximate surface area is 194 Å². The largest absolute Gasteiger partial charge is 0.349 e. The minimum absolute atomic E-state index is 0.0425. The van der Waals surface area contributed by atoms with Gasteiger partial charge in [0.1, 0.15) is 6.04 Å². The predicted octanol–water partition coefficient (Wildman–Crippen LogP) is 4.29. The topological polar surface area (TPSA) is 69.7 Å². The van der Waals surface area contributed by atoms with Crippen LogP contribution < -0.4 is 10.2 Å². The first-order valence-electron chi connectivity index (χ1n) is 12.2. The van der Waals surface area contributed by atoms with Crippen LogP contribution in [0.4, 0.5) is 5.69 Å². The molecule has 0 aromatic heterocycles. The lowest BCUT2D eigenvalue weighted by molar-refractivity contribution is -0.122. The van der Waals surface area contributed by atoms with Crippen LogP contribution in [0.3, 0.4) is 0 Å². The highest BCUT2D eigenvalue weighted by Crippen LogP contribution is 2.33. The summed E-state index contributed by atoms with van der Waals surface area (Å²) in [6.07, 6.45) is 8.43. The lowest BCUT2D eigenvalue weighted by atomic mass is 10.1. The number of carbonyl (C=O) groups is 3. The van der Waals surface area contributed by atoms with Crippen molar-refractivity contribution in [1.29, 1.82) is 0 Å². The smallest absolute Gasteiger partial charge is 0.256 e. The van der Waals surface area contributed by atoms with Crippen molar-refractivity contribution in [2.45, 2.75) is 70.0 Å². The first kappa shape index (κ1) is 21.7. The maximum atomic E-state index is 13.5. The van der Waals surface area contributed by atoms with Crippen molar-refractivity contribution in [3.63, 3.8) is 0 Å². The van der Waals surface area contributed by atoms with Gasteiger partial charge < -0.3 is 15.1 Å². The van der Waals surface area contributed by atoms with Crippen LogP contribution in [0.1, 0.15) is 77.6 Å². The number of nitrogens with one attached hydrogen (secondary N) is 1. The molecule has 2 fully saturated rings. The number of carbonyl (C=O) groups excluding carboxylic acids is 3. The van der Waals surface area contributed by atoms with Crippen molar-refractivity contribution in [1.82, 2.24) is 10.2 Å². The molecule has 172 valence electrons. The van der Waals surface area contributed by atoms with Crippen LogP contribution in [-0.2, 0) is 11.3 Å². The van der Waals surface area contributed by atoms with Crippen LogP contribution in [-0.4, -0.2) is 41.2 Å². The molecule has 1 N–H and O–H groups in total. The van der Waals surface area contributed by atoms with Gasteiger partial charge in [0.15, 0.2) is 0 Å². The summed E-state index contributed by atoms with van der Waals surface area (Å²) in [4.78, 5) is 43.0. The third-order valence-electron chi connectivity index (χ3n) is 7.21. The number of amides is 3. The van der Waals surface area contributed by atoms with Crippen molar-refractivity contribution in [3.8, 4) is 0 Å². The second-order valence-corrected chi connectivity index (χ2v) is 9.46. The summed E-state index contributed by atoms with van der Waals surface area (Å²) in [7, 11) is 0. The Morgan fingerprint density at radius 2 is 1.70 bits per heavy atom. The van der Waals surface area contributed by atoms with Crippen LogP contribution >= 0.6 is 0 Å². The predicted molar refractivity (Wildman–Crippen MR) is 127 cm³/mol. The zero-order valence-corrected chi connectivity index (χ0v) is 19.0. The number of fused-ring (bicyclic) bond motifs is 2. The molecular weight excluding hydrogens is 414 g/mol. The average molecular weight is 446 g/mol. The maximum Gasteiger partial charge on any atom is 0.256 e. The van der Waals surface area contributed by atoms with E-state index < -0.39 is 6.04 Å². The molecule has 3 amide bonds. The van der Waals surface area contributed by atoms with E-state index in [1.165, 1.54) is 25.7 Å². The van der Waals surface area contributed by atoms with E-state index in [2.05, 4.69) is 5.32 Å². The second kappa shape index (κ2) is 9.38. The van der Waals surface area contributed by atoms with Gasteiger partial charge in [0.05, 0.1) is 17.8 Å². The Morgan fingerprint density at radius 1 is 0.909 bits per heavy atom. The fraction of sp³-hybridized carbons (Fsp3) is 0.444. The molecular formula is C27H31N3O3. The Balaban J connectivity index is 1.39. The minimum atomic E-state index is -0.411. The summed E-state index contributed by atoms with van der Waals surface area (Å²) in [5.74, 6) is -0.164. The lowest BCUT2D eigenvalue weighted by Crippen LogP contribution is -2.44. The van der Waals surface area contributed by atoms with Crippen molar-refractivity contribution < 1.29 is 14.4 Å². The van der Waals surface area contributed by atoms with Gasteiger partial charge in [0.2, 0.25) is 5.91 Å². The Morgan fingerprint density at radius 3 is 2.52 bits per heavy atom. The number of para-hydroxylation sites is 1. The quantitative estimate of drug-likeness (QED) is 0.714. The van der Waals surface area contributed by atoms with E-state index in [9.17, 15) is 14.4 Å².